The van der Waals surface area contributed by atoms with E-state index < -0.39 is 0 Å². The van der Waals surface area contributed by atoms with Crippen LogP contribution < -0.4 is 19.7 Å². The molecule has 7 heteroatoms. The molecule has 4 rings (SSSR count). The third-order valence-electron chi connectivity index (χ3n) is 5.91. The van der Waals surface area contributed by atoms with Gasteiger partial charge < -0.3 is 19.7 Å². The molecule has 1 saturated heterocycles. The number of anilines is 1. The maximum atomic E-state index is 12.4. The third-order valence-corrected chi connectivity index (χ3v) is 6.22. The van der Waals surface area contributed by atoms with Crippen LogP contribution in [0.4, 0.5) is 5.69 Å². The molecule has 0 spiro atoms. The minimum Gasteiger partial charge on any atom is -0.488 e. The zero-order chi connectivity index (χ0) is 22.2. The van der Waals surface area contributed by atoms with E-state index in [-0.39, 0.29) is 5.91 Å². The van der Waals surface area contributed by atoms with E-state index in [1.54, 1.807) is 0 Å². The van der Waals surface area contributed by atoms with Gasteiger partial charge in [0, 0.05) is 44.0 Å². The van der Waals surface area contributed by atoms with E-state index in [2.05, 4.69) is 49.8 Å². The highest BCUT2D eigenvalue weighted by molar-refractivity contribution is 14.1. The normalized spacial score (nSPS) is 16.0. The fraction of sp³-hybridized carbons (Fsp3) is 0.400. The lowest BCUT2D eigenvalue weighted by Crippen LogP contribution is -2.46. The van der Waals surface area contributed by atoms with Gasteiger partial charge in [-0.05, 0) is 78.4 Å². The number of para-hydroxylation sites is 1. The van der Waals surface area contributed by atoms with Crippen molar-refractivity contribution >= 4 is 40.3 Å². The summed E-state index contributed by atoms with van der Waals surface area (Å²) in [4.78, 5) is 17.4. The van der Waals surface area contributed by atoms with Gasteiger partial charge in [-0.15, -0.1) is 0 Å². The van der Waals surface area contributed by atoms with Crippen LogP contribution in [0, 0.1) is 0 Å². The summed E-state index contributed by atoms with van der Waals surface area (Å²) < 4.78 is 11.9. The van der Waals surface area contributed by atoms with Gasteiger partial charge in [0.25, 0.3) is 5.91 Å². The average Bonchev–Trinajstić information content (AvgIpc) is 2.84. The van der Waals surface area contributed by atoms with E-state index in [1.807, 2.05) is 42.5 Å². The van der Waals surface area contributed by atoms with Crippen molar-refractivity contribution in [3.8, 4) is 11.5 Å². The second-order valence-corrected chi connectivity index (χ2v) is 8.66. The molecule has 2 aliphatic rings. The molecule has 2 aromatic rings. The highest BCUT2D eigenvalue weighted by Crippen LogP contribution is 2.25. The minimum atomic E-state index is -0.0250. The molecule has 170 valence electrons. The Hall–Kier alpha value is -2.26. The topological polar surface area (TPSA) is 54.0 Å². The van der Waals surface area contributed by atoms with E-state index in [9.17, 15) is 4.79 Å². The van der Waals surface area contributed by atoms with Gasteiger partial charge in [0.2, 0.25) is 0 Å². The van der Waals surface area contributed by atoms with Crippen molar-refractivity contribution in [2.75, 3.05) is 55.4 Å². The average molecular weight is 547 g/mol. The molecule has 2 heterocycles. The molecule has 2 aromatic carbocycles. The van der Waals surface area contributed by atoms with Crippen molar-refractivity contribution < 1.29 is 14.3 Å². The number of carbonyl (C=O) groups is 1. The fourth-order valence-electron chi connectivity index (χ4n) is 4.07. The lowest BCUT2D eigenvalue weighted by atomic mass is 10.1. The summed E-state index contributed by atoms with van der Waals surface area (Å²) in [6.45, 7) is 6.33. The number of alkyl halides is 1. The van der Waals surface area contributed by atoms with Crippen molar-refractivity contribution in [3.05, 3.63) is 59.7 Å². The largest absolute Gasteiger partial charge is 0.488 e. The standard InChI is InChI=1S/C25H30IN3O3/c26-19-32-23-9-7-22(8-10-23)29-15-13-28(14-16-29)12-4-3-11-27-25(30)21-17-20-5-1-2-6-24(20)31-18-21/h1-2,5-10,17H,3-4,11-16,18-19H2,(H,27,30). The number of fused-ring (bicyclic) bond motifs is 1. The summed E-state index contributed by atoms with van der Waals surface area (Å²) in [6.07, 6.45) is 3.99. The number of piperazine rings is 1. The van der Waals surface area contributed by atoms with Crippen LogP contribution in [0.2, 0.25) is 0 Å². The van der Waals surface area contributed by atoms with Gasteiger partial charge in [0.1, 0.15) is 22.7 Å². The van der Waals surface area contributed by atoms with E-state index in [1.165, 1.54) is 5.69 Å². The first-order valence-corrected chi connectivity index (χ1v) is 12.7. The molecule has 0 saturated carbocycles. The first kappa shape index (κ1) is 22.9. The van der Waals surface area contributed by atoms with Crippen molar-refractivity contribution in [3.63, 3.8) is 0 Å². The molecule has 6 nitrogen and oxygen atoms in total. The summed E-state index contributed by atoms with van der Waals surface area (Å²) in [5, 5.41) is 3.04. The van der Waals surface area contributed by atoms with Crippen LogP contribution in [0.25, 0.3) is 6.08 Å². The Balaban J connectivity index is 1.12. The van der Waals surface area contributed by atoms with Crippen LogP contribution in [-0.2, 0) is 4.79 Å². The van der Waals surface area contributed by atoms with Crippen LogP contribution in [-0.4, -0.2) is 61.3 Å². The molecule has 0 aliphatic carbocycles. The predicted octanol–water partition coefficient (Wildman–Crippen LogP) is 3.95. The molecule has 0 radical (unpaired) electrons. The second-order valence-electron chi connectivity index (χ2n) is 8.04. The first-order valence-electron chi connectivity index (χ1n) is 11.2. The number of hydrogen-bond acceptors (Lipinski definition) is 5. The number of benzene rings is 2. The summed E-state index contributed by atoms with van der Waals surface area (Å²) in [5.41, 5.74) is 2.92. The number of rotatable bonds is 9. The first-order chi connectivity index (χ1) is 15.7. The van der Waals surface area contributed by atoms with Crippen LogP contribution in [0.1, 0.15) is 18.4 Å². The van der Waals surface area contributed by atoms with Crippen molar-refractivity contribution in [1.29, 1.82) is 0 Å². The Morgan fingerprint density at radius 1 is 1.03 bits per heavy atom. The lowest BCUT2D eigenvalue weighted by molar-refractivity contribution is -0.117. The van der Waals surface area contributed by atoms with Crippen molar-refractivity contribution in [2.24, 2.45) is 0 Å². The van der Waals surface area contributed by atoms with Crippen molar-refractivity contribution in [1.82, 2.24) is 10.2 Å². The molecule has 2 aliphatic heterocycles. The Kier molecular flexibility index (Phi) is 8.28. The maximum Gasteiger partial charge on any atom is 0.250 e. The molecule has 0 bridgehead atoms. The molecule has 0 aromatic heterocycles. The Bertz CT molecular complexity index is 924. The summed E-state index contributed by atoms with van der Waals surface area (Å²) >= 11 is 2.21. The quantitative estimate of drug-likeness (QED) is 0.293. The van der Waals surface area contributed by atoms with Crippen LogP contribution in [0.3, 0.4) is 0 Å². The lowest BCUT2D eigenvalue weighted by Gasteiger charge is -2.36. The van der Waals surface area contributed by atoms with E-state index in [0.29, 0.717) is 23.3 Å². The molecule has 1 amide bonds. The van der Waals surface area contributed by atoms with Gasteiger partial charge in [-0.1, -0.05) is 18.2 Å². The number of carbonyl (C=O) groups excluding carboxylic acids is 1. The number of unbranched alkanes of at least 4 members (excludes halogenated alkanes) is 1. The molecule has 1 fully saturated rings. The van der Waals surface area contributed by atoms with Gasteiger partial charge in [0.05, 0.1) is 5.57 Å². The predicted molar refractivity (Wildman–Crippen MR) is 137 cm³/mol. The van der Waals surface area contributed by atoms with E-state index in [4.69, 9.17) is 9.47 Å². The zero-order valence-corrected chi connectivity index (χ0v) is 20.4. The number of hydrogen-bond donors (Lipinski definition) is 1. The number of nitrogens with one attached hydrogen (secondary N) is 1. The Labute approximate surface area is 203 Å². The highest BCUT2D eigenvalue weighted by Gasteiger charge is 2.18. The van der Waals surface area contributed by atoms with Crippen LogP contribution in [0.5, 0.6) is 11.5 Å². The number of ether oxygens (including phenoxy) is 2. The molecule has 0 unspecified atom stereocenters. The summed E-state index contributed by atoms with van der Waals surface area (Å²) in [5.74, 6) is 1.74. The summed E-state index contributed by atoms with van der Waals surface area (Å²) in [7, 11) is 0. The SMILES string of the molecule is O=C(NCCCCN1CCN(c2ccc(OCI)cc2)CC1)C1=Cc2ccccc2OC1. The van der Waals surface area contributed by atoms with Crippen molar-refractivity contribution in [2.45, 2.75) is 12.8 Å². The van der Waals surface area contributed by atoms with Gasteiger partial charge in [-0.25, -0.2) is 0 Å². The Morgan fingerprint density at radius 3 is 2.59 bits per heavy atom. The van der Waals surface area contributed by atoms with Gasteiger partial charge in [-0.3, -0.25) is 9.69 Å². The zero-order valence-electron chi connectivity index (χ0n) is 18.3. The monoisotopic (exact) mass is 547 g/mol. The molecule has 0 atom stereocenters. The van der Waals surface area contributed by atoms with Gasteiger partial charge in [-0.2, -0.15) is 0 Å². The molecular formula is C25H30IN3O3. The number of halogens is 1. The maximum absolute atomic E-state index is 12.4. The number of amides is 1. The summed E-state index contributed by atoms with van der Waals surface area (Å²) in [6, 6.07) is 16.2. The highest BCUT2D eigenvalue weighted by atomic mass is 127. The van der Waals surface area contributed by atoms with E-state index in [0.717, 1.165) is 62.6 Å². The van der Waals surface area contributed by atoms with Gasteiger partial charge in [0.15, 0.2) is 0 Å². The second kappa shape index (κ2) is 11.6. The van der Waals surface area contributed by atoms with E-state index >= 15 is 0 Å². The molecule has 1 N–H and O–H groups in total. The van der Waals surface area contributed by atoms with Crippen LogP contribution in [0.15, 0.2) is 54.1 Å². The fourth-order valence-corrected chi connectivity index (χ4v) is 4.43. The van der Waals surface area contributed by atoms with Gasteiger partial charge >= 0.3 is 0 Å². The molecule has 32 heavy (non-hydrogen) atoms. The Morgan fingerprint density at radius 2 is 1.81 bits per heavy atom. The number of nitrogens with zero attached hydrogens (tertiary/aromatic N) is 2. The van der Waals surface area contributed by atoms with Crippen LogP contribution >= 0.6 is 22.6 Å². The smallest absolute Gasteiger partial charge is 0.250 e. The minimum absolute atomic E-state index is 0.0250. The molecular weight excluding hydrogens is 517 g/mol. The third kappa shape index (κ3) is 6.16.